The minimum absolute atomic E-state index is 0.328. The predicted molar refractivity (Wildman–Crippen MR) is 127 cm³/mol. The second kappa shape index (κ2) is 10.2. The average molecular weight is 432 g/mol. The van der Waals surface area contributed by atoms with E-state index < -0.39 is 0 Å². The van der Waals surface area contributed by atoms with E-state index in [1.807, 2.05) is 50.2 Å². The van der Waals surface area contributed by atoms with Gasteiger partial charge in [-0.25, -0.2) is 9.83 Å². The smallest absolute Gasteiger partial charge is 0.231 e. The number of hydrogen-bond donors (Lipinski definition) is 4. The fourth-order valence-corrected chi connectivity index (χ4v) is 3.89. The van der Waals surface area contributed by atoms with Crippen molar-refractivity contribution >= 4 is 23.1 Å². The molecule has 4 N–H and O–H groups in total. The largest absolute Gasteiger partial charge is 0.492 e. The van der Waals surface area contributed by atoms with E-state index in [0.29, 0.717) is 42.2 Å². The van der Waals surface area contributed by atoms with Gasteiger partial charge in [0.1, 0.15) is 24.0 Å². The van der Waals surface area contributed by atoms with E-state index in [9.17, 15) is 0 Å². The number of hydrogen-bond acceptors (Lipinski definition) is 6. The minimum atomic E-state index is 0.328. The van der Waals surface area contributed by atoms with E-state index in [1.165, 1.54) is 5.56 Å². The molecule has 0 radical (unpaired) electrons. The third kappa shape index (κ3) is 5.37. The molecule has 0 spiro atoms. The molecule has 3 heterocycles. The van der Waals surface area contributed by atoms with Crippen LogP contribution in [-0.4, -0.2) is 41.4 Å². The van der Waals surface area contributed by atoms with Gasteiger partial charge in [-0.15, -0.1) is 0 Å². The summed E-state index contributed by atoms with van der Waals surface area (Å²) in [5, 5.41) is 17.2. The molecule has 1 fully saturated rings. The van der Waals surface area contributed by atoms with E-state index in [2.05, 4.69) is 31.0 Å². The van der Waals surface area contributed by atoms with Crippen molar-refractivity contribution in [3.8, 4) is 5.75 Å². The monoisotopic (exact) mass is 431 g/mol. The Kier molecular flexibility index (Phi) is 6.87. The molecule has 0 amide bonds. The quantitative estimate of drug-likeness (QED) is 0.306. The molecule has 0 unspecified atom stereocenters. The van der Waals surface area contributed by atoms with Crippen molar-refractivity contribution in [2.24, 2.45) is 0 Å². The zero-order valence-electron chi connectivity index (χ0n) is 18.5. The number of aromatic amines is 1. The molecule has 166 valence electrons. The fraction of sp³-hybridized carbons (Fsp3) is 0.375. The molecule has 1 aliphatic rings. The van der Waals surface area contributed by atoms with Crippen LogP contribution in [0.3, 0.4) is 0 Å². The van der Waals surface area contributed by atoms with Crippen LogP contribution in [0.4, 0.5) is 23.1 Å². The highest BCUT2D eigenvalue weighted by Crippen LogP contribution is 2.39. The van der Waals surface area contributed by atoms with E-state index in [-0.39, 0.29) is 0 Å². The fourth-order valence-electron chi connectivity index (χ4n) is 3.89. The zero-order valence-corrected chi connectivity index (χ0v) is 18.5. The standard InChI is InChI=1S/C24H29N7O/c1-16-4-6-19(7-5-16)32-13-12-27-24-23(25-3)20(18-8-10-26-11-9-18)15-21(29-24)28-22-14-17(2)30-31-22/h4-7,14-15,18,26H,8-13H2,1-2H3,(H3,27,28,29,30,31). The van der Waals surface area contributed by atoms with Crippen LogP contribution in [0, 0.1) is 20.4 Å². The first-order valence-corrected chi connectivity index (χ1v) is 11.0. The Hall–Kier alpha value is -3.57. The second-order valence-corrected chi connectivity index (χ2v) is 8.08. The van der Waals surface area contributed by atoms with Crippen molar-refractivity contribution in [3.63, 3.8) is 0 Å². The van der Waals surface area contributed by atoms with Gasteiger partial charge < -0.3 is 20.7 Å². The van der Waals surface area contributed by atoms with Crippen molar-refractivity contribution in [1.29, 1.82) is 0 Å². The molecule has 3 aromatic rings. The number of rotatable bonds is 8. The van der Waals surface area contributed by atoms with Crippen LogP contribution in [0.1, 0.15) is 35.6 Å². The summed E-state index contributed by atoms with van der Waals surface area (Å²) in [5.41, 5.74) is 3.79. The highest BCUT2D eigenvalue weighted by Gasteiger charge is 2.22. The highest BCUT2D eigenvalue weighted by atomic mass is 16.5. The number of aromatic nitrogens is 3. The molecule has 8 heteroatoms. The number of aryl methyl sites for hydroxylation is 2. The molecule has 1 saturated heterocycles. The molecule has 0 atom stereocenters. The Morgan fingerprint density at radius 3 is 2.59 bits per heavy atom. The molecule has 4 rings (SSSR count). The molecule has 1 aliphatic heterocycles. The maximum absolute atomic E-state index is 7.83. The van der Waals surface area contributed by atoms with Crippen molar-refractivity contribution in [2.45, 2.75) is 32.6 Å². The lowest BCUT2D eigenvalue weighted by atomic mass is 9.89. The highest BCUT2D eigenvalue weighted by molar-refractivity contribution is 5.74. The van der Waals surface area contributed by atoms with E-state index in [1.54, 1.807) is 0 Å². The number of pyridine rings is 1. The molecule has 0 saturated carbocycles. The summed E-state index contributed by atoms with van der Waals surface area (Å²) in [6, 6.07) is 11.9. The van der Waals surface area contributed by atoms with E-state index in [4.69, 9.17) is 16.3 Å². The van der Waals surface area contributed by atoms with Gasteiger partial charge in [-0.1, -0.05) is 17.7 Å². The summed E-state index contributed by atoms with van der Waals surface area (Å²) in [4.78, 5) is 8.56. The van der Waals surface area contributed by atoms with Crippen LogP contribution in [-0.2, 0) is 0 Å². The number of nitrogens with zero attached hydrogens (tertiary/aromatic N) is 3. The van der Waals surface area contributed by atoms with Gasteiger partial charge >= 0.3 is 0 Å². The first-order valence-electron chi connectivity index (χ1n) is 11.0. The van der Waals surface area contributed by atoms with Gasteiger partial charge in [-0.3, -0.25) is 5.10 Å². The maximum atomic E-state index is 7.83. The number of ether oxygens (including phenoxy) is 1. The van der Waals surface area contributed by atoms with Gasteiger partial charge in [-0.2, -0.15) is 5.10 Å². The third-order valence-electron chi connectivity index (χ3n) is 5.56. The average Bonchev–Trinajstić information content (AvgIpc) is 3.22. The van der Waals surface area contributed by atoms with Gasteiger partial charge in [0.15, 0.2) is 5.82 Å². The molecular weight excluding hydrogens is 402 g/mol. The van der Waals surface area contributed by atoms with Crippen LogP contribution in [0.25, 0.3) is 4.85 Å². The normalized spacial score (nSPS) is 14.0. The maximum Gasteiger partial charge on any atom is 0.231 e. The molecular formula is C24H29N7O. The molecule has 32 heavy (non-hydrogen) atoms. The van der Waals surface area contributed by atoms with Crippen LogP contribution < -0.4 is 20.7 Å². The van der Waals surface area contributed by atoms with Crippen LogP contribution in [0.15, 0.2) is 36.4 Å². The lowest BCUT2D eigenvalue weighted by Gasteiger charge is -2.25. The van der Waals surface area contributed by atoms with E-state index >= 15 is 0 Å². The lowest BCUT2D eigenvalue weighted by Crippen LogP contribution is -2.26. The van der Waals surface area contributed by atoms with Crippen molar-refractivity contribution in [3.05, 3.63) is 64.6 Å². The summed E-state index contributed by atoms with van der Waals surface area (Å²) in [6.07, 6.45) is 2.01. The summed E-state index contributed by atoms with van der Waals surface area (Å²) in [6.45, 7) is 14.8. The molecule has 1 aromatic carbocycles. The van der Waals surface area contributed by atoms with Crippen LogP contribution in [0.5, 0.6) is 5.75 Å². The minimum Gasteiger partial charge on any atom is -0.492 e. The summed E-state index contributed by atoms with van der Waals surface area (Å²) >= 11 is 0. The molecule has 0 aliphatic carbocycles. The Morgan fingerprint density at radius 1 is 1.12 bits per heavy atom. The zero-order chi connectivity index (χ0) is 22.3. The van der Waals surface area contributed by atoms with Crippen molar-refractivity contribution in [1.82, 2.24) is 20.5 Å². The van der Waals surface area contributed by atoms with E-state index in [0.717, 1.165) is 42.9 Å². The predicted octanol–water partition coefficient (Wildman–Crippen LogP) is 4.67. The number of H-pyrrole nitrogens is 1. The first-order chi connectivity index (χ1) is 15.6. The van der Waals surface area contributed by atoms with Crippen LogP contribution >= 0.6 is 0 Å². The van der Waals surface area contributed by atoms with Gasteiger partial charge in [0.25, 0.3) is 0 Å². The topological polar surface area (TPSA) is 91.3 Å². The molecule has 8 nitrogen and oxygen atoms in total. The van der Waals surface area contributed by atoms with Gasteiger partial charge in [0.2, 0.25) is 5.69 Å². The van der Waals surface area contributed by atoms with Crippen molar-refractivity contribution < 1.29 is 4.74 Å². The molecule has 0 bridgehead atoms. The number of benzene rings is 1. The van der Waals surface area contributed by atoms with Gasteiger partial charge in [0, 0.05) is 18.3 Å². The van der Waals surface area contributed by atoms with Gasteiger partial charge in [0.05, 0.1) is 6.57 Å². The van der Waals surface area contributed by atoms with Crippen molar-refractivity contribution in [2.75, 3.05) is 36.9 Å². The molecule has 2 aromatic heterocycles. The number of nitrogens with one attached hydrogen (secondary N) is 4. The summed E-state index contributed by atoms with van der Waals surface area (Å²) < 4.78 is 5.83. The third-order valence-corrected chi connectivity index (χ3v) is 5.56. The Balaban J connectivity index is 1.53. The first kappa shape index (κ1) is 21.7. The lowest BCUT2D eigenvalue weighted by molar-refractivity contribution is 0.332. The van der Waals surface area contributed by atoms with Crippen LogP contribution in [0.2, 0.25) is 0 Å². The van der Waals surface area contributed by atoms with Gasteiger partial charge in [-0.05, 0) is 69.5 Å². The Bertz CT molecular complexity index is 1080. The summed E-state index contributed by atoms with van der Waals surface area (Å²) in [7, 11) is 0. The SMILES string of the molecule is [C-]#[N+]c1c(C2CCNCC2)cc(Nc2cc(C)[nH]n2)nc1NCCOc1ccc(C)cc1. The summed E-state index contributed by atoms with van der Waals surface area (Å²) in [5.74, 6) is 3.12. The number of piperidine rings is 1. The second-order valence-electron chi connectivity index (χ2n) is 8.08. The number of anilines is 3. The Morgan fingerprint density at radius 2 is 1.91 bits per heavy atom. The Labute approximate surface area is 188 Å².